The molecule has 7 heteroatoms. The first-order valence-electron chi connectivity index (χ1n) is 5.89. The summed E-state index contributed by atoms with van der Waals surface area (Å²) in [6.45, 7) is 0. The zero-order valence-corrected chi connectivity index (χ0v) is 12.3. The van der Waals surface area contributed by atoms with Crippen molar-refractivity contribution in [1.82, 2.24) is 9.97 Å². The molecule has 102 valence electrons. The van der Waals surface area contributed by atoms with Crippen molar-refractivity contribution in [2.75, 3.05) is 16.3 Å². The van der Waals surface area contributed by atoms with Gasteiger partial charge in [0.25, 0.3) is 5.91 Å². The van der Waals surface area contributed by atoms with E-state index in [1.54, 1.807) is 5.51 Å². The maximum atomic E-state index is 12.1. The molecule has 0 aliphatic rings. The number of aromatic nitrogens is 2. The van der Waals surface area contributed by atoms with Gasteiger partial charge in [-0.15, -0.1) is 11.3 Å². The molecule has 0 spiro atoms. The normalized spacial score (nSPS) is 10.7. The van der Waals surface area contributed by atoms with Gasteiger partial charge in [-0.25, -0.2) is 4.98 Å². The molecular weight excluding hydrogens is 292 g/mol. The van der Waals surface area contributed by atoms with E-state index in [-0.39, 0.29) is 5.91 Å². The lowest BCUT2D eigenvalue weighted by molar-refractivity contribution is 0.102. The van der Waals surface area contributed by atoms with Crippen LogP contribution in [-0.4, -0.2) is 22.1 Å². The molecule has 0 fully saturated rings. The highest BCUT2D eigenvalue weighted by atomic mass is 32.2. The molecule has 1 amide bonds. The summed E-state index contributed by atoms with van der Waals surface area (Å²) in [6.07, 6.45) is 1.96. The van der Waals surface area contributed by atoms with Crippen molar-refractivity contribution in [3.8, 4) is 0 Å². The summed E-state index contributed by atoms with van der Waals surface area (Å²) >= 11 is 3.03. The second kappa shape index (κ2) is 5.56. The van der Waals surface area contributed by atoms with Crippen LogP contribution in [0.5, 0.6) is 0 Å². The highest BCUT2D eigenvalue weighted by Crippen LogP contribution is 2.20. The van der Waals surface area contributed by atoms with Crippen molar-refractivity contribution in [2.45, 2.75) is 0 Å². The number of H-pyrrole nitrogens is 1. The number of fused-ring (bicyclic) bond motifs is 1. The van der Waals surface area contributed by atoms with Crippen LogP contribution in [0.2, 0.25) is 0 Å². The maximum Gasteiger partial charge on any atom is 0.272 e. The number of nitrogens with one attached hydrogen (secondary N) is 3. The number of benzene rings is 1. The molecule has 0 aliphatic heterocycles. The zero-order valence-electron chi connectivity index (χ0n) is 10.6. The molecule has 20 heavy (non-hydrogen) atoms. The summed E-state index contributed by atoms with van der Waals surface area (Å²) in [7, 11) is 0. The molecular formula is C13H12N4OS2. The summed E-state index contributed by atoms with van der Waals surface area (Å²) in [4.78, 5) is 19.2. The molecule has 2 aromatic heterocycles. The average Bonchev–Trinajstić information content (AvgIpc) is 3.02. The highest BCUT2D eigenvalue weighted by molar-refractivity contribution is 7.99. The fraction of sp³-hybridized carbons (Fsp3) is 0.0769. The van der Waals surface area contributed by atoms with E-state index in [9.17, 15) is 4.79 Å². The molecule has 3 aromatic rings. The lowest BCUT2D eigenvalue weighted by Crippen LogP contribution is -2.12. The van der Waals surface area contributed by atoms with Gasteiger partial charge in [-0.05, 0) is 30.3 Å². The molecule has 0 radical (unpaired) electrons. The van der Waals surface area contributed by atoms with E-state index in [2.05, 4.69) is 20.0 Å². The summed E-state index contributed by atoms with van der Waals surface area (Å²) in [5.74, 6) is -0.166. The SMILES string of the molecule is CSNc1ccc(NC(=O)c2cc3scnc3[nH]2)cc1. The molecule has 3 rings (SSSR count). The lowest BCUT2D eigenvalue weighted by Gasteiger charge is -2.06. The third-order valence-electron chi connectivity index (χ3n) is 2.73. The third-order valence-corrected chi connectivity index (χ3v) is 3.95. The van der Waals surface area contributed by atoms with Crippen molar-refractivity contribution < 1.29 is 4.79 Å². The Balaban J connectivity index is 1.73. The monoisotopic (exact) mass is 304 g/mol. The Kier molecular flexibility index (Phi) is 3.62. The minimum Gasteiger partial charge on any atom is -0.334 e. The van der Waals surface area contributed by atoms with Crippen LogP contribution in [0.25, 0.3) is 10.3 Å². The number of carbonyl (C=O) groups excluding carboxylic acids is 1. The van der Waals surface area contributed by atoms with Crippen LogP contribution in [0.4, 0.5) is 11.4 Å². The van der Waals surface area contributed by atoms with Crippen LogP contribution >= 0.6 is 23.3 Å². The predicted molar refractivity (Wildman–Crippen MR) is 85.5 cm³/mol. The average molecular weight is 304 g/mol. The van der Waals surface area contributed by atoms with Crippen LogP contribution in [0.1, 0.15) is 10.5 Å². The van der Waals surface area contributed by atoms with Crippen molar-refractivity contribution in [2.24, 2.45) is 0 Å². The fourth-order valence-corrected chi connectivity index (χ4v) is 2.85. The molecule has 5 nitrogen and oxygen atoms in total. The Labute approximate surface area is 123 Å². The number of anilines is 2. The van der Waals surface area contributed by atoms with Gasteiger partial charge in [0.05, 0.1) is 10.2 Å². The molecule has 2 heterocycles. The van der Waals surface area contributed by atoms with Gasteiger partial charge in [-0.3, -0.25) is 4.79 Å². The number of rotatable bonds is 4. The second-order valence-corrected chi connectivity index (χ2v) is 5.58. The molecule has 0 saturated heterocycles. The summed E-state index contributed by atoms with van der Waals surface area (Å²) in [6, 6.07) is 9.37. The molecule has 0 saturated carbocycles. The van der Waals surface area contributed by atoms with Gasteiger partial charge in [-0.1, -0.05) is 11.9 Å². The van der Waals surface area contributed by atoms with Crippen LogP contribution in [-0.2, 0) is 0 Å². The highest BCUT2D eigenvalue weighted by Gasteiger charge is 2.11. The van der Waals surface area contributed by atoms with E-state index in [1.165, 1.54) is 23.3 Å². The van der Waals surface area contributed by atoms with E-state index in [0.29, 0.717) is 5.69 Å². The Morgan fingerprint density at radius 2 is 2.05 bits per heavy atom. The fourth-order valence-electron chi connectivity index (χ4n) is 1.81. The quantitative estimate of drug-likeness (QED) is 0.645. The number of amides is 1. The van der Waals surface area contributed by atoms with Gasteiger partial charge in [-0.2, -0.15) is 0 Å². The first-order chi connectivity index (χ1) is 9.76. The minimum atomic E-state index is -0.166. The van der Waals surface area contributed by atoms with Gasteiger partial charge in [0.2, 0.25) is 0 Å². The van der Waals surface area contributed by atoms with Crippen LogP contribution in [0.15, 0.2) is 35.8 Å². The first-order valence-corrected chi connectivity index (χ1v) is 7.99. The van der Waals surface area contributed by atoms with E-state index in [0.717, 1.165) is 21.7 Å². The van der Waals surface area contributed by atoms with Gasteiger partial charge in [0.1, 0.15) is 11.3 Å². The Morgan fingerprint density at radius 1 is 1.30 bits per heavy atom. The molecule has 3 N–H and O–H groups in total. The van der Waals surface area contributed by atoms with Gasteiger partial charge >= 0.3 is 0 Å². The zero-order chi connectivity index (χ0) is 13.9. The molecule has 0 unspecified atom stereocenters. The number of aromatic amines is 1. The van der Waals surface area contributed by atoms with Crippen molar-refractivity contribution >= 4 is 50.9 Å². The van der Waals surface area contributed by atoms with Gasteiger partial charge in [0.15, 0.2) is 0 Å². The topological polar surface area (TPSA) is 69.8 Å². The number of carbonyl (C=O) groups is 1. The summed E-state index contributed by atoms with van der Waals surface area (Å²) < 4.78 is 4.11. The Morgan fingerprint density at radius 3 is 2.75 bits per heavy atom. The van der Waals surface area contributed by atoms with Crippen LogP contribution in [0, 0.1) is 0 Å². The molecule has 0 aliphatic carbocycles. The van der Waals surface area contributed by atoms with E-state index < -0.39 is 0 Å². The molecule has 1 aromatic carbocycles. The van der Waals surface area contributed by atoms with E-state index in [4.69, 9.17) is 0 Å². The number of hydrogen-bond donors (Lipinski definition) is 3. The molecule has 0 atom stereocenters. The Bertz CT molecular complexity index is 704. The largest absolute Gasteiger partial charge is 0.334 e. The number of thiazole rings is 1. The molecule has 0 bridgehead atoms. The second-order valence-electron chi connectivity index (χ2n) is 4.09. The Hall–Kier alpha value is -1.99. The van der Waals surface area contributed by atoms with Crippen LogP contribution < -0.4 is 10.0 Å². The van der Waals surface area contributed by atoms with E-state index >= 15 is 0 Å². The van der Waals surface area contributed by atoms with Gasteiger partial charge in [0, 0.05) is 17.6 Å². The lowest BCUT2D eigenvalue weighted by atomic mass is 10.3. The number of nitrogens with zero attached hydrogens (tertiary/aromatic N) is 1. The van der Waals surface area contributed by atoms with Gasteiger partial charge < -0.3 is 15.0 Å². The predicted octanol–water partition coefficient (Wildman–Crippen LogP) is 3.57. The minimum absolute atomic E-state index is 0.166. The van der Waals surface area contributed by atoms with Crippen molar-refractivity contribution in [3.05, 3.63) is 41.5 Å². The van der Waals surface area contributed by atoms with Crippen molar-refractivity contribution in [1.29, 1.82) is 0 Å². The smallest absolute Gasteiger partial charge is 0.272 e. The number of hydrogen-bond acceptors (Lipinski definition) is 5. The third kappa shape index (κ3) is 2.63. The van der Waals surface area contributed by atoms with Crippen molar-refractivity contribution in [3.63, 3.8) is 0 Å². The van der Waals surface area contributed by atoms with E-state index in [1.807, 2.05) is 36.6 Å². The standard InChI is InChI=1S/C13H12N4OS2/c1-19-17-9-4-2-8(3-5-9)15-13(18)10-6-11-12(16-10)14-7-20-11/h2-7,16-17H,1H3,(H,15,18). The van der Waals surface area contributed by atoms with Crippen LogP contribution in [0.3, 0.4) is 0 Å². The summed E-state index contributed by atoms with van der Waals surface area (Å²) in [5.41, 5.74) is 4.78. The first kappa shape index (κ1) is 13.0. The summed E-state index contributed by atoms with van der Waals surface area (Å²) in [5, 5.41) is 2.85. The maximum absolute atomic E-state index is 12.1.